The highest BCUT2D eigenvalue weighted by molar-refractivity contribution is 7.92. The van der Waals surface area contributed by atoms with Gasteiger partial charge in [0.15, 0.2) is 0 Å². The molecule has 1 heterocycles. The van der Waals surface area contributed by atoms with Crippen molar-refractivity contribution in [2.24, 2.45) is 0 Å². The second-order valence-corrected chi connectivity index (χ2v) is 6.37. The van der Waals surface area contributed by atoms with E-state index in [4.69, 9.17) is 0 Å². The third kappa shape index (κ3) is 4.03. The fourth-order valence-corrected chi connectivity index (χ4v) is 3.30. The Hall–Kier alpha value is -1.92. The topological polar surface area (TPSA) is 71.1 Å². The lowest BCUT2D eigenvalue weighted by molar-refractivity contribution is 0.600. The van der Waals surface area contributed by atoms with Crippen LogP contribution in [0.5, 0.6) is 0 Å². The smallest absolute Gasteiger partial charge is 0.262 e. The third-order valence-electron chi connectivity index (χ3n) is 3.05. The molecule has 0 saturated heterocycles. The van der Waals surface area contributed by atoms with Gasteiger partial charge in [-0.15, -0.1) is 0 Å². The molecule has 0 aliphatic heterocycles. The quantitative estimate of drug-likeness (QED) is 0.859. The molecule has 0 saturated carbocycles. The standard InChI is InChI=1S/C15H19N3O2S/c1-3-16-11-13-5-4-12(2)15(10-13)21(19,20)18-14-6-8-17-9-7-14/h4-10,16H,3,11H2,1-2H3,(H,17,18). The van der Waals surface area contributed by atoms with Crippen molar-refractivity contribution in [2.45, 2.75) is 25.3 Å². The molecule has 2 N–H and O–H groups in total. The van der Waals surface area contributed by atoms with E-state index in [1.807, 2.05) is 19.1 Å². The molecule has 0 unspecified atom stereocenters. The van der Waals surface area contributed by atoms with E-state index in [-0.39, 0.29) is 0 Å². The fourth-order valence-electron chi connectivity index (χ4n) is 1.94. The minimum atomic E-state index is -3.60. The number of nitrogens with one attached hydrogen (secondary N) is 2. The highest BCUT2D eigenvalue weighted by Gasteiger charge is 2.17. The summed E-state index contributed by atoms with van der Waals surface area (Å²) in [7, 11) is -3.60. The predicted octanol–water partition coefficient (Wildman–Crippen LogP) is 2.30. The van der Waals surface area contributed by atoms with Crippen molar-refractivity contribution in [1.82, 2.24) is 10.3 Å². The minimum Gasteiger partial charge on any atom is -0.313 e. The lowest BCUT2D eigenvalue weighted by Crippen LogP contribution is -2.16. The summed E-state index contributed by atoms with van der Waals surface area (Å²) in [4.78, 5) is 4.17. The molecule has 5 nitrogen and oxygen atoms in total. The zero-order valence-electron chi connectivity index (χ0n) is 12.1. The van der Waals surface area contributed by atoms with Crippen molar-refractivity contribution in [1.29, 1.82) is 0 Å². The first kappa shape index (κ1) is 15.5. The van der Waals surface area contributed by atoms with Crippen LogP contribution in [-0.2, 0) is 16.6 Å². The van der Waals surface area contributed by atoms with Crippen molar-refractivity contribution in [3.63, 3.8) is 0 Å². The van der Waals surface area contributed by atoms with Crippen LogP contribution in [0, 0.1) is 6.92 Å². The molecule has 112 valence electrons. The average molecular weight is 305 g/mol. The fraction of sp³-hybridized carbons (Fsp3) is 0.267. The summed E-state index contributed by atoms with van der Waals surface area (Å²) in [6, 6.07) is 8.71. The van der Waals surface area contributed by atoms with Gasteiger partial charge < -0.3 is 5.32 Å². The number of nitrogens with zero attached hydrogens (tertiary/aromatic N) is 1. The van der Waals surface area contributed by atoms with Gasteiger partial charge in [0.1, 0.15) is 0 Å². The summed E-state index contributed by atoms with van der Waals surface area (Å²) >= 11 is 0. The van der Waals surface area contributed by atoms with Crippen LogP contribution in [0.4, 0.5) is 5.69 Å². The van der Waals surface area contributed by atoms with Crippen LogP contribution in [-0.4, -0.2) is 19.9 Å². The number of sulfonamides is 1. The average Bonchev–Trinajstić information content (AvgIpc) is 2.47. The molecular weight excluding hydrogens is 286 g/mol. The zero-order valence-corrected chi connectivity index (χ0v) is 12.9. The summed E-state index contributed by atoms with van der Waals surface area (Å²) in [6.45, 7) is 5.29. The number of benzene rings is 1. The van der Waals surface area contributed by atoms with Gasteiger partial charge in [0, 0.05) is 18.9 Å². The van der Waals surface area contributed by atoms with E-state index in [0.29, 0.717) is 17.1 Å². The molecule has 0 atom stereocenters. The molecule has 2 aromatic rings. The van der Waals surface area contributed by atoms with Crippen LogP contribution in [0.25, 0.3) is 0 Å². The molecule has 1 aromatic carbocycles. The molecule has 21 heavy (non-hydrogen) atoms. The Balaban J connectivity index is 2.30. The van der Waals surface area contributed by atoms with Crippen LogP contribution in [0.2, 0.25) is 0 Å². The van der Waals surface area contributed by atoms with E-state index in [1.54, 1.807) is 37.5 Å². The maximum absolute atomic E-state index is 12.5. The van der Waals surface area contributed by atoms with Gasteiger partial charge in [0.05, 0.1) is 10.6 Å². The number of anilines is 1. The van der Waals surface area contributed by atoms with Crippen LogP contribution in [0.15, 0.2) is 47.6 Å². The summed E-state index contributed by atoms with van der Waals surface area (Å²) in [5, 5.41) is 3.19. The molecular formula is C15H19N3O2S. The van der Waals surface area contributed by atoms with E-state index in [9.17, 15) is 8.42 Å². The normalized spacial score (nSPS) is 11.3. The Kier molecular flexibility index (Phi) is 4.93. The van der Waals surface area contributed by atoms with Crippen molar-refractivity contribution < 1.29 is 8.42 Å². The monoisotopic (exact) mass is 305 g/mol. The van der Waals surface area contributed by atoms with Crippen molar-refractivity contribution in [2.75, 3.05) is 11.3 Å². The zero-order chi connectivity index (χ0) is 15.3. The van der Waals surface area contributed by atoms with Gasteiger partial charge in [-0.25, -0.2) is 8.42 Å². The Morgan fingerprint density at radius 1 is 1.14 bits per heavy atom. The number of hydrogen-bond donors (Lipinski definition) is 2. The molecule has 0 aliphatic carbocycles. The summed E-state index contributed by atoms with van der Waals surface area (Å²) in [5.41, 5.74) is 2.16. The van der Waals surface area contributed by atoms with E-state index in [1.165, 1.54) is 0 Å². The molecule has 0 amide bonds. The Bertz CT molecular complexity index is 700. The highest BCUT2D eigenvalue weighted by atomic mass is 32.2. The molecule has 0 aliphatic rings. The molecule has 1 aromatic heterocycles. The largest absolute Gasteiger partial charge is 0.313 e. The summed E-state index contributed by atoms with van der Waals surface area (Å²) in [5.74, 6) is 0. The molecule has 0 bridgehead atoms. The molecule has 0 spiro atoms. The third-order valence-corrected chi connectivity index (χ3v) is 4.58. The number of aromatic nitrogens is 1. The van der Waals surface area contributed by atoms with Gasteiger partial charge in [-0.2, -0.15) is 0 Å². The van der Waals surface area contributed by atoms with Gasteiger partial charge in [-0.05, 0) is 42.8 Å². The first-order valence-electron chi connectivity index (χ1n) is 6.76. The van der Waals surface area contributed by atoms with Gasteiger partial charge in [-0.3, -0.25) is 9.71 Å². The molecule has 0 fully saturated rings. The van der Waals surface area contributed by atoms with Crippen molar-refractivity contribution in [3.8, 4) is 0 Å². The van der Waals surface area contributed by atoms with Crippen LogP contribution in [0.3, 0.4) is 0 Å². The van der Waals surface area contributed by atoms with Gasteiger partial charge in [-0.1, -0.05) is 19.1 Å². The number of hydrogen-bond acceptors (Lipinski definition) is 4. The number of pyridine rings is 1. The molecule has 0 radical (unpaired) electrons. The van der Waals surface area contributed by atoms with Gasteiger partial charge >= 0.3 is 0 Å². The summed E-state index contributed by atoms with van der Waals surface area (Å²) in [6.07, 6.45) is 3.10. The van der Waals surface area contributed by atoms with Crippen molar-refractivity contribution in [3.05, 3.63) is 53.9 Å². The Morgan fingerprint density at radius 3 is 2.52 bits per heavy atom. The van der Waals surface area contributed by atoms with Gasteiger partial charge in [0.25, 0.3) is 10.0 Å². The minimum absolute atomic E-state index is 0.301. The lowest BCUT2D eigenvalue weighted by atomic mass is 10.1. The van der Waals surface area contributed by atoms with Crippen LogP contribution < -0.4 is 10.0 Å². The van der Waals surface area contributed by atoms with Crippen molar-refractivity contribution >= 4 is 15.7 Å². The first-order chi connectivity index (χ1) is 10.0. The van der Waals surface area contributed by atoms with Crippen LogP contribution in [0.1, 0.15) is 18.1 Å². The lowest BCUT2D eigenvalue weighted by Gasteiger charge is -2.12. The van der Waals surface area contributed by atoms with E-state index in [0.717, 1.165) is 17.7 Å². The SMILES string of the molecule is CCNCc1ccc(C)c(S(=O)(=O)Nc2ccncc2)c1. The number of aryl methyl sites for hydroxylation is 1. The first-order valence-corrected chi connectivity index (χ1v) is 8.24. The summed E-state index contributed by atoms with van der Waals surface area (Å²) < 4.78 is 27.6. The second-order valence-electron chi connectivity index (χ2n) is 4.72. The molecule has 6 heteroatoms. The van der Waals surface area contributed by atoms with E-state index in [2.05, 4.69) is 15.0 Å². The maximum atomic E-state index is 12.5. The van der Waals surface area contributed by atoms with E-state index < -0.39 is 10.0 Å². The van der Waals surface area contributed by atoms with Crippen LogP contribution >= 0.6 is 0 Å². The Morgan fingerprint density at radius 2 is 1.86 bits per heavy atom. The second kappa shape index (κ2) is 6.69. The highest BCUT2D eigenvalue weighted by Crippen LogP contribution is 2.20. The number of rotatable bonds is 6. The molecule has 2 rings (SSSR count). The predicted molar refractivity (Wildman–Crippen MR) is 83.6 cm³/mol. The van der Waals surface area contributed by atoms with Gasteiger partial charge in [0.2, 0.25) is 0 Å². The Labute approximate surface area is 125 Å². The van der Waals surface area contributed by atoms with E-state index >= 15 is 0 Å². The maximum Gasteiger partial charge on any atom is 0.262 e.